The first kappa shape index (κ1) is 11.0. The molecule has 0 radical (unpaired) electrons. The van der Waals surface area contributed by atoms with Crippen LogP contribution < -0.4 is 0 Å². The predicted octanol–water partition coefficient (Wildman–Crippen LogP) is 3.18. The van der Waals surface area contributed by atoms with E-state index in [1.54, 1.807) is 0 Å². The Morgan fingerprint density at radius 2 is 1.56 bits per heavy atom. The van der Waals surface area contributed by atoms with E-state index in [0.29, 0.717) is 0 Å². The average molecular weight is 226 g/mol. The molecule has 0 aromatic carbocycles. The second-order valence-corrected chi connectivity index (χ2v) is 6.70. The quantitative estimate of drug-likeness (QED) is 0.594. The summed E-state index contributed by atoms with van der Waals surface area (Å²) < 4.78 is 6.24. The van der Waals surface area contributed by atoms with E-state index in [0.717, 1.165) is 19.3 Å². The maximum Gasteiger partial charge on any atom is 0.199 e. The maximum atomic E-state index is 6.24. The van der Waals surface area contributed by atoms with E-state index in [9.17, 15) is 0 Å². The van der Waals surface area contributed by atoms with Crippen molar-refractivity contribution < 1.29 is 14.5 Å². The Morgan fingerprint density at radius 1 is 0.812 bits per heavy atom. The van der Waals surface area contributed by atoms with Crippen molar-refractivity contribution in [1.29, 1.82) is 0 Å². The first-order chi connectivity index (χ1) is 7.33. The molecule has 3 atom stereocenters. The molecule has 16 heavy (non-hydrogen) atoms. The Labute approximate surface area is 97.4 Å². The van der Waals surface area contributed by atoms with Crippen molar-refractivity contribution in [2.24, 2.45) is 5.41 Å². The second-order valence-electron chi connectivity index (χ2n) is 6.70. The van der Waals surface area contributed by atoms with Gasteiger partial charge in [0.15, 0.2) is 5.79 Å². The van der Waals surface area contributed by atoms with Gasteiger partial charge in [-0.15, -0.1) is 0 Å². The smallest absolute Gasteiger partial charge is 0.199 e. The lowest BCUT2D eigenvalue weighted by Crippen LogP contribution is -2.75. The fourth-order valence-electron chi connectivity index (χ4n) is 4.11. The first-order valence-electron chi connectivity index (χ1n) is 6.40. The highest BCUT2D eigenvalue weighted by atomic mass is 17.3. The number of hydrogen-bond donors (Lipinski definition) is 0. The lowest BCUT2D eigenvalue weighted by molar-refractivity contribution is -0.587. The summed E-state index contributed by atoms with van der Waals surface area (Å²) in [7, 11) is 0. The van der Waals surface area contributed by atoms with Crippen LogP contribution in [0.3, 0.4) is 0 Å². The predicted molar refractivity (Wildman–Crippen MR) is 59.7 cm³/mol. The van der Waals surface area contributed by atoms with Crippen molar-refractivity contribution in [3.8, 4) is 0 Å². The van der Waals surface area contributed by atoms with Crippen LogP contribution in [0.25, 0.3) is 0 Å². The van der Waals surface area contributed by atoms with Crippen LogP contribution in [0.2, 0.25) is 0 Å². The summed E-state index contributed by atoms with van der Waals surface area (Å²) in [5.74, 6) is -0.524. The Balaban J connectivity index is 2.07. The van der Waals surface area contributed by atoms with Gasteiger partial charge in [-0.05, 0) is 44.9 Å². The normalized spacial score (nSPS) is 54.8. The third-order valence-electron chi connectivity index (χ3n) is 5.14. The average Bonchev–Trinajstić information content (AvgIpc) is 2.15. The summed E-state index contributed by atoms with van der Waals surface area (Å²) in [6, 6.07) is 0. The van der Waals surface area contributed by atoms with Crippen molar-refractivity contribution in [3.63, 3.8) is 0 Å². The molecule has 4 rings (SSSR count). The minimum Gasteiger partial charge on any atom is -0.338 e. The molecule has 2 bridgehead atoms. The van der Waals surface area contributed by atoms with Crippen LogP contribution in [0, 0.1) is 5.41 Å². The van der Waals surface area contributed by atoms with Crippen LogP contribution in [0.15, 0.2) is 0 Å². The third kappa shape index (κ3) is 1.09. The summed E-state index contributed by atoms with van der Waals surface area (Å²) in [5.41, 5.74) is -0.308. The SMILES string of the molecule is CC1(C)CCC[C@]2(C)O[C@]3(C)CC[C@]12OO3. The van der Waals surface area contributed by atoms with E-state index in [2.05, 4.69) is 20.8 Å². The number of ether oxygens (including phenoxy) is 1. The van der Waals surface area contributed by atoms with Gasteiger partial charge >= 0.3 is 0 Å². The van der Waals surface area contributed by atoms with Gasteiger partial charge in [0.2, 0.25) is 0 Å². The zero-order valence-electron chi connectivity index (χ0n) is 10.8. The first-order valence-corrected chi connectivity index (χ1v) is 6.40. The molecule has 0 aromatic heterocycles. The van der Waals surface area contributed by atoms with Crippen LogP contribution >= 0.6 is 0 Å². The molecule has 0 N–H and O–H groups in total. The highest BCUT2D eigenvalue weighted by Gasteiger charge is 2.70. The fraction of sp³-hybridized carbons (Fsp3) is 1.00. The van der Waals surface area contributed by atoms with Gasteiger partial charge in [-0.1, -0.05) is 13.8 Å². The zero-order chi connectivity index (χ0) is 11.7. The molecule has 1 spiro atoms. The summed E-state index contributed by atoms with van der Waals surface area (Å²) >= 11 is 0. The molecular formula is C13H22O3. The van der Waals surface area contributed by atoms with Gasteiger partial charge in [0, 0.05) is 6.42 Å². The van der Waals surface area contributed by atoms with Gasteiger partial charge in [-0.3, -0.25) is 0 Å². The summed E-state index contributed by atoms with van der Waals surface area (Å²) in [4.78, 5) is 11.4. The highest BCUT2D eigenvalue weighted by Crippen LogP contribution is 2.62. The largest absolute Gasteiger partial charge is 0.338 e. The fourth-order valence-corrected chi connectivity index (χ4v) is 4.11. The van der Waals surface area contributed by atoms with E-state index in [-0.39, 0.29) is 16.6 Å². The van der Waals surface area contributed by atoms with E-state index in [4.69, 9.17) is 14.5 Å². The second kappa shape index (κ2) is 2.82. The van der Waals surface area contributed by atoms with Gasteiger partial charge in [0.05, 0.1) is 0 Å². The monoisotopic (exact) mass is 226 g/mol. The molecule has 3 heteroatoms. The van der Waals surface area contributed by atoms with Crippen LogP contribution in [0.5, 0.6) is 0 Å². The van der Waals surface area contributed by atoms with Crippen molar-refractivity contribution in [1.82, 2.24) is 0 Å². The van der Waals surface area contributed by atoms with Crippen molar-refractivity contribution >= 4 is 0 Å². The van der Waals surface area contributed by atoms with Gasteiger partial charge in [-0.2, -0.15) is 0 Å². The Hall–Kier alpha value is -0.120. The minimum atomic E-state index is -0.524. The molecule has 4 fully saturated rings. The molecule has 92 valence electrons. The number of rotatable bonds is 0. The van der Waals surface area contributed by atoms with E-state index in [1.165, 1.54) is 12.8 Å². The summed E-state index contributed by atoms with van der Waals surface area (Å²) in [5, 5.41) is 0. The van der Waals surface area contributed by atoms with Crippen LogP contribution in [0.4, 0.5) is 0 Å². The summed E-state index contributed by atoms with van der Waals surface area (Å²) in [6.45, 7) is 8.76. The minimum absolute atomic E-state index is 0.127. The molecular weight excluding hydrogens is 204 g/mol. The molecule has 4 aliphatic rings. The molecule has 0 unspecified atom stereocenters. The Kier molecular flexibility index (Phi) is 1.94. The number of hydrogen-bond acceptors (Lipinski definition) is 3. The standard InChI is InChI=1S/C13H22O3/c1-10(2)6-5-7-11(3)13(10)9-8-12(4,14-11)15-16-13/h5-9H2,1-4H3/t11-,12-,13-/m0/s1. The molecule has 0 aromatic rings. The van der Waals surface area contributed by atoms with E-state index in [1.807, 2.05) is 6.92 Å². The molecule has 1 aliphatic carbocycles. The lowest BCUT2D eigenvalue weighted by Gasteiger charge is -2.66. The molecule has 1 saturated carbocycles. The van der Waals surface area contributed by atoms with Crippen LogP contribution in [0.1, 0.15) is 59.8 Å². The van der Waals surface area contributed by atoms with Crippen molar-refractivity contribution in [2.45, 2.75) is 76.8 Å². The molecule has 3 heterocycles. The molecule has 3 nitrogen and oxygen atoms in total. The van der Waals surface area contributed by atoms with Crippen molar-refractivity contribution in [2.75, 3.05) is 0 Å². The van der Waals surface area contributed by atoms with Crippen molar-refractivity contribution in [3.05, 3.63) is 0 Å². The van der Waals surface area contributed by atoms with Gasteiger partial charge in [-0.25, -0.2) is 9.78 Å². The van der Waals surface area contributed by atoms with Crippen LogP contribution in [-0.2, 0) is 14.5 Å². The van der Waals surface area contributed by atoms with Gasteiger partial charge < -0.3 is 4.74 Å². The molecule has 3 aliphatic heterocycles. The number of fused-ring (bicyclic) bond motifs is 2. The third-order valence-corrected chi connectivity index (χ3v) is 5.14. The van der Waals surface area contributed by atoms with E-state index < -0.39 is 5.79 Å². The maximum absolute atomic E-state index is 6.24. The topological polar surface area (TPSA) is 27.7 Å². The lowest BCUT2D eigenvalue weighted by atomic mass is 9.55. The Morgan fingerprint density at radius 3 is 2.19 bits per heavy atom. The summed E-state index contributed by atoms with van der Waals surface area (Å²) in [6.07, 6.45) is 5.46. The van der Waals surface area contributed by atoms with Crippen LogP contribution in [-0.4, -0.2) is 17.0 Å². The molecule has 0 amide bonds. The van der Waals surface area contributed by atoms with E-state index >= 15 is 0 Å². The Bertz CT molecular complexity index is 315. The zero-order valence-corrected chi connectivity index (χ0v) is 10.8. The van der Waals surface area contributed by atoms with Gasteiger partial charge in [0.25, 0.3) is 0 Å². The van der Waals surface area contributed by atoms with Gasteiger partial charge in [0.1, 0.15) is 11.2 Å². The molecule has 3 saturated heterocycles. The highest BCUT2D eigenvalue weighted by molar-refractivity contribution is 5.14.